The van der Waals surface area contributed by atoms with E-state index < -0.39 is 0 Å². The van der Waals surface area contributed by atoms with Crippen molar-refractivity contribution in [3.63, 3.8) is 0 Å². The highest BCUT2D eigenvalue weighted by Gasteiger charge is 2.17. The molecule has 112 valence electrons. The normalized spacial score (nSPS) is 12.0. The molecule has 8 heteroatoms. The third kappa shape index (κ3) is 3.91. The molecular weight excluding hydrogens is 292 g/mol. The lowest BCUT2D eigenvalue weighted by atomic mass is 10.1. The molecule has 2 rings (SSSR count). The number of aromatic amines is 1. The van der Waals surface area contributed by atoms with Gasteiger partial charge in [-0.2, -0.15) is 5.21 Å². The summed E-state index contributed by atoms with van der Waals surface area (Å²) in [7, 11) is 0. The fourth-order valence-corrected chi connectivity index (χ4v) is 1.98. The van der Waals surface area contributed by atoms with E-state index in [-0.39, 0.29) is 11.9 Å². The lowest BCUT2D eigenvalue weighted by Gasteiger charge is -2.14. The van der Waals surface area contributed by atoms with Gasteiger partial charge in [-0.1, -0.05) is 23.7 Å². The summed E-state index contributed by atoms with van der Waals surface area (Å²) in [4.78, 5) is 12.4. The third-order valence-electron chi connectivity index (χ3n) is 2.89. The second kappa shape index (κ2) is 7.03. The van der Waals surface area contributed by atoms with Crippen LogP contribution in [0.3, 0.4) is 0 Å². The Morgan fingerprint density at radius 1 is 1.48 bits per heavy atom. The van der Waals surface area contributed by atoms with Crippen LogP contribution in [0.25, 0.3) is 0 Å². The largest absolute Gasteiger partial charge is 0.384 e. The molecule has 1 atom stereocenters. The molecule has 3 N–H and O–H groups in total. The van der Waals surface area contributed by atoms with Crippen molar-refractivity contribution >= 4 is 23.2 Å². The monoisotopic (exact) mass is 308 g/mol. The average molecular weight is 309 g/mol. The van der Waals surface area contributed by atoms with E-state index in [1.807, 2.05) is 0 Å². The number of amides is 1. The van der Waals surface area contributed by atoms with Gasteiger partial charge in [0.25, 0.3) is 5.91 Å². The van der Waals surface area contributed by atoms with E-state index in [9.17, 15) is 4.79 Å². The number of halogens is 1. The predicted molar refractivity (Wildman–Crippen MR) is 80.3 cm³/mol. The van der Waals surface area contributed by atoms with Gasteiger partial charge in [-0.05, 0) is 31.5 Å². The number of nitrogens with one attached hydrogen (secondary N) is 3. The number of hydrogen-bond acceptors (Lipinski definition) is 5. The molecular formula is C13H17ClN6O. The van der Waals surface area contributed by atoms with Crippen LogP contribution in [-0.4, -0.2) is 33.1 Å². The summed E-state index contributed by atoms with van der Waals surface area (Å²) < 4.78 is 0. The van der Waals surface area contributed by atoms with Crippen molar-refractivity contribution in [2.45, 2.75) is 26.3 Å². The Balaban J connectivity index is 2.15. The molecule has 0 saturated carbocycles. The van der Waals surface area contributed by atoms with Crippen molar-refractivity contribution in [3.8, 4) is 0 Å². The molecule has 1 amide bonds. The summed E-state index contributed by atoms with van der Waals surface area (Å²) in [6.45, 7) is 4.62. The molecule has 2 aromatic rings. The van der Waals surface area contributed by atoms with Crippen LogP contribution in [0.5, 0.6) is 0 Å². The first kappa shape index (κ1) is 15.2. The molecule has 21 heavy (non-hydrogen) atoms. The highest BCUT2D eigenvalue weighted by molar-refractivity contribution is 6.31. The quantitative estimate of drug-likeness (QED) is 0.760. The molecule has 0 saturated heterocycles. The molecule has 0 spiro atoms. The second-order valence-corrected chi connectivity index (χ2v) is 5.02. The maximum absolute atomic E-state index is 12.4. The Hall–Kier alpha value is -2.15. The molecule has 1 heterocycles. The first-order valence-electron chi connectivity index (χ1n) is 6.69. The van der Waals surface area contributed by atoms with Crippen molar-refractivity contribution in [2.24, 2.45) is 0 Å². The zero-order valence-electron chi connectivity index (χ0n) is 11.9. The van der Waals surface area contributed by atoms with Gasteiger partial charge in [0, 0.05) is 17.3 Å². The smallest absolute Gasteiger partial charge is 0.254 e. The molecule has 0 bridgehead atoms. The first-order valence-corrected chi connectivity index (χ1v) is 7.07. The van der Waals surface area contributed by atoms with Gasteiger partial charge in [-0.3, -0.25) is 4.79 Å². The Morgan fingerprint density at radius 3 is 2.95 bits per heavy atom. The van der Waals surface area contributed by atoms with Gasteiger partial charge >= 0.3 is 0 Å². The molecule has 0 aliphatic rings. The first-order chi connectivity index (χ1) is 10.1. The van der Waals surface area contributed by atoms with E-state index >= 15 is 0 Å². The number of aromatic nitrogens is 4. The lowest BCUT2D eigenvalue weighted by molar-refractivity contribution is 0.0939. The van der Waals surface area contributed by atoms with Crippen molar-refractivity contribution in [2.75, 3.05) is 11.9 Å². The van der Waals surface area contributed by atoms with E-state index in [1.165, 1.54) is 0 Å². The second-order valence-electron chi connectivity index (χ2n) is 4.58. The van der Waals surface area contributed by atoms with Gasteiger partial charge in [0.15, 0.2) is 5.82 Å². The summed E-state index contributed by atoms with van der Waals surface area (Å²) in [5.41, 5.74) is 1.24. The van der Waals surface area contributed by atoms with Gasteiger partial charge in [-0.25, -0.2) is 0 Å². The average Bonchev–Trinajstić information content (AvgIpc) is 3.00. The van der Waals surface area contributed by atoms with E-state index in [2.05, 4.69) is 38.2 Å². The summed E-state index contributed by atoms with van der Waals surface area (Å²) in [6, 6.07) is 4.83. The number of carbonyl (C=O) groups is 1. The zero-order chi connectivity index (χ0) is 15.2. The summed E-state index contributed by atoms with van der Waals surface area (Å²) in [5, 5.41) is 20.1. The fourth-order valence-electron chi connectivity index (χ4n) is 1.81. The van der Waals surface area contributed by atoms with E-state index in [4.69, 9.17) is 11.6 Å². The number of anilines is 1. The zero-order valence-corrected chi connectivity index (χ0v) is 12.6. The van der Waals surface area contributed by atoms with Crippen molar-refractivity contribution in [1.29, 1.82) is 0 Å². The number of hydrogen-bond donors (Lipinski definition) is 3. The van der Waals surface area contributed by atoms with Crippen LogP contribution in [0.2, 0.25) is 5.02 Å². The fraction of sp³-hybridized carbons (Fsp3) is 0.385. The van der Waals surface area contributed by atoms with Gasteiger partial charge in [0.05, 0.1) is 11.6 Å². The number of benzene rings is 1. The topological polar surface area (TPSA) is 95.6 Å². The van der Waals surface area contributed by atoms with E-state index in [0.29, 0.717) is 16.4 Å². The van der Waals surface area contributed by atoms with E-state index in [0.717, 1.165) is 18.7 Å². The number of rotatable bonds is 6. The number of carbonyl (C=O) groups excluding carboxylic acids is 1. The predicted octanol–water partition coefficient (Wildman–Crippen LogP) is 2.17. The van der Waals surface area contributed by atoms with Gasteiger partial charge < -0.3 is 10.6 Å². The van der Waals surface area contributed by atoms with Crippen molar-refractivity contribution in [3.05, 3.63) is 34.6 Å². The van der Waals surface area contributed by atoms with Crippen LogP contribution in [0, 0.1) is 0 Å². The maximum atomic E-state index is 12.4. The van der Waals surface area contributed by atoms with Crippen LogP contribution < -0.4 is 10.6 Å². The van der Waals surface area contributed by atoms with Crippen LogP contribution in [0.4, 0.5) is 5.69 Å². The SMILES string of the molecule is CCCNc1ccc(Cl)cc1C(=O)NC(C)c1nn[nH]n1. The minimum Gasteiger partial charge on any atom is -0.384 e. The third-order valence-corrected chi connectivity index (χ3v) is 3.12. The Bertz CT molecular complexity index is 601. The Kier molecular flexibility index (Phi) is 5.10. The highest BCUT2D eigenvalue weighted by Crippen LogP contribution is 2.21. The number of H-pyrrole nitrogens is 1. The van der Waals surface area contributed by atoms with Crippen LogP contribution in [-0.2, 0) is 0 Å². The minimum atomic E-state index is -0.353. The van der Waals surface area contributed by atoms with E-state index in [1.54, 1.807) is 25.1 Å². The maximum Gasteiger partial charge on any atom is 0.254 e. The molecule has 0 fully saturated rings. The van der Waals surface area contributed by atoms with Crippen molar-refractivity contribution < 1.29 is 4.79 Å². The molecule has 1 aromatic heterocycles. The summed E-state index contributed by atoms with van der Waals surface area (Å²) >= 11 is 5.98. The standard InChI is InChI=1S/C13H17ClN6O/c1-3-6-15-11-5-4-9(14)7-10(11)13(21)16-8(2)12-17-19-20-18-12/h4-5,7-8,15H,3,6H2,1-2H3,(H,16,21)(H,17,18,19,20). The van der Waals surface area contributed by atoms with Gasteiger partial charge in [0.2, 0.25) is 0 Å². The highest BCUT2D eigenvalue weighted by atomic mass is 35.5. The van der Waals surface area contributed by atoms with Crippen molar-refractivity contribution in [1.82, 2.24) is 25.9 Å². The van der Waals surface area contributed by atoms with Gasteiger partial charge in [-0.15, -0.1) is 10.2 Å². The summed E-state index contributed by atoms with van der Waals surface area (Å²) in [5.74, 6) is 0.182. The van der Waals surface area contributed by atoms with Crippen LogP contribution >= 0.6 is 11.6 Å². The molecule has 1 unspecified atom stereocenters. The summed E-state index contributed by atoms with van der Waals surface area (Å²) in [6.07, 6.45) is 0.961. The van der Waals surface area contributed by atoms with Crippen LogP contribution in [0.1, 0.15) is 42.5 Å². The van der Waals surface area contributed by atoms with Crippen LogP contribution in [0.15, 0.2) is 18.2 Å². The lowest BCUT2D eigenvalue weighted by Crippen LogP contribution is -2.28. The number of tetrazole rings is 1. The van der Waals surface area contributed by atoms with Gasteiger partial charge in [0.1, 0.15) is 0 Å². The molecule has 1 aromatic carbocycles. The molecule has 0 aliphatic heterocycles. The Morgan fingerprint density at radius 2 is 2.29 bits per heavy atom. The molecule has 0 radical (unpaired) electrons. The molecule has 0 aliphatic carbocycles. The minimum absolute atomic E-state index is 0.242. The Labute approximate surface area is 127 Å². The number of nitrogens with zero attached hydrogens (tertiary/aromatic N) is 3. The molecule has 7 nitrogen and oxygen atoms in total.